The lowest BCUT2D eigenvalue weighted by molar-refractivity contribution is -0.156. The van der Waals surface area contributed by atoms with Gasteiger partial charge >= 0.3 is 17.9 Å². The number of carboxylic acids is 1. The number of cyclic esters (lactones) is 2. The molecule has 1 aliphatic heterocycles. The molecule has 0 bridgehead atoms. The Morgan fingerprint density at radius 1 is 0.653 bits per heavy atom. The fourth-order valence-electron chi connectivity index (χ4n) is 7.08. The molecule has 6 atom stereocenters. The summed E-state index contributed by atoms with van der Waals surface area (Å²) in [6.45, 7) is 23.6. The molecule has 0 aromatic carbocycles. The summed E-state index contributed by atoms with van der Waals surface area (Å²) in [6, 6.07) is 0. The Kier molecular flexibility index (Phi) is 16.9. The van der Waals surface area contributed by atoms with Gasteiger partial charge in [0.1, 0.15) is 17.9 Å². The van der Waals surface area contributed by atoms with Crippen LogP contribution < -0.4 is 0 Å². The summed E-state index contributed by atoms with van der Waals surface area (Å²) < 4.78 is 11.3. The average molecular weight is 693 g/mol. The van der Waals surface area contributed by atoms with Gasteiger partial charge in [0.15, 0.2) is 0 Å². The van der Waals surface area contributed by atoms with Crippen molar-refractivity contribution in [1.29, 1.82) is 0 Å². The normalized spacial score (nSPS) is 27.7. The molecule has 1 aliphatic rings. The Morgan fingerprint density at radius 3 is 1.57 bits per heavy atom. The molecule has 0 spiro atoms. The Labute approximate surface area is 296 Å². The minimum Gasteiger partial charge on any atom is -0.481 e. The van der Waals surface area contributed by atoms with E-state index in [-0.39, 0.29) is 67.2 Å². The summed E-state index contributed by atoms with van der Waals surface area (Å²) in [4.78, 5) is 79.1. The van der Waals surface area contributed by atoms with E-state index in [1.165, 1.54) is 0 Å². The van der Waals surface area contributed by atoms with Crippen LogP contribution in [0.1, 0.15) is 147 Å². The predicted octanol–water partition coefficient (Wildman–Crippen LogP) is 8.29. The summed E-state index contributed by atoms with van der Waals surface area (Å²) in [7, 11) is 0. The number of esters is 2. The molecular weight excluding hydrogens is 624 g/mol. The predicted molar refractivity (Wildman–Crippen MR) is 191 cm³/mol. The third kappa shape index (κ3) is 16.8. The standard InChI is InChI=1S/C40H68O9/c1-37(2,3)23-28-19-26(25-41)20-30(39(7,8)9)33(43)16-14-18-49-36(47)31(40(10,11)12)22-27(34(44)45)21-29(24-38(4,5)6)35(46)48-17-13-15-32(28)42/h25-31H,13-24H2,1-12H3,(H,44,45). The molecule has 9 heteroatoms. The van der Waals surface area contributed by atoms with E-state index in [1.807, 2.05) is 62.3 Å². The number of aldehydes is 1. The maximum absolute atomic E-state index is 13.6. The second-order valence-corrected chi connectivity index (χ2v) is 19.1. The summed E-state index contributed by atoms with van der Waals surface area (Å²) >= 11 is 0. The highest BCUT2D eigenvalue weighted by molar-refractivity contribution is 5.83. The minimum absolute atomic E-state index is 0.00397. The molecule has 1 N–H and O–H groups in total. The van der Waals surface area contributed by atoms with Crippen molar-refractivity contribution in [1.82, 2.24) is 0 Å². The zero-order chi connectivity index (χ0) is 38.0. The van der Waals surface area contributed by atoms with Crippen molar-refractivity contribution < 1.29 is 43.3 Å². The maximum atomic E-state index is 13.6. The Morgan fingerprint density at radius 2 is 1.12 bits per heavy atom. The van der Waals surface area contributed by atoms with Crippen molar-refractivity contribution in [3.8, 4) is 0 Å². The SMILES string of the molecule is CC(C)(C)CC1CC(C=O)CC(C(C)(C)C)C(=O)CCCOC(=O)C(C(C)(C)C)CC(C(=O)O)CC(CC(C)(C)C)C(=O)OCCCC1=O. The number of carboxylic acid groups (broad SMARTS) is 1. The quantitative estimate of drug-likeness (QED) is 0.227. The molecule has 49 heavy (non-hydrogen) atoms. The van der Waals surface area contributed by atoms with Crippen molar-refractivity contribution in [2.45, 2.75) is 147 Å². The summed E-state index contributed by atoms with van der Waals surface area (Å²) in [5.74, 6) is -5.88. The van der Waals surface area contributed by atoms with E-state index in [4.69, 9.17) is 9.47 Å². The number of hydrogen-bond acceptors (Lipinski definition) is 8. The van der Waals surface area contributed by atoms with Crippen LogP contribution in [-0.4, -0.2) is 54.1 Å². The third-order valence-corrected chi connectivity index (χ3v) is 9.65. The van der Waals surface area contributed by atoms with Crippen LogP contribution in [0.15, 0.2) is 0 Å². The van der Waals surface area contributed by atoms with Gasteiger partial charge in [0.2, 0.25) is 0 Å². The molecule has 1 fully saturated rings. The van der Waals surface area contributed by atoms with Crippen molar-refractivity contribution >= 4 is 35.8 Å². The van der Waals surface area contributed by atoms with Crippen molar-refractivity contribution in [2.75, 3.05) is 13.2 Å². The van der Waals surface area contributed by atoms with Crippen LogP contribution in [0, 0.1) is 57.2 Å². The molecule has 9 nitrogen and oxygen atoms in total. The molecule has 1 rings (SSSR count). The van der Waals surface area contributed by atoms with E-state index in [0.717, 1.165) is 6.29 Å². The molecular formula is C40H68O9. The highest BCUT2D eigenvalue weighted by Gasteiger charge is 2.40. The van der Waals surface area contributed by atoms with Gasteiger partial charge in [-0.2, -0.15) is 0 Å². The smallest absolute Gasteiger partial charge is 0.309 e. The Bertz CT molecular complexity index is 1130. The minimum atomic E-state index is -1.09. The van der Waals surface area contributed by atoms with Crippen LogP contribution in [0.3, 0.4) is 0 Å². The second kappa shape index (κ2) is 18.6. The Balaban J connectivity index is 3.50. The summed E-state index contributed by atoms with van der Waals surface area (Å²) in [5.41, 5.74) is -1.51. The fourth-order valence-corrected chi connectivity index (χ4v) is 7.08. The van der Waals surface area contributed by atoms with E-state index < -0.39 is 58.3 Å². The lowest BCUT2D eigenvalue weighted by Gasteiger charge is -2.33. The van der Waals surface area contributed by atoms with Gasteiger partial charge in [-0.1, -0.05) is 83.1 Å². The first kappa shape index (κ1) is 44.4. The number of ketones is 2. The van der Waals surface area contributed by atoms with Crippen LogP contribution in [0.2, 0.25) is 0 Å². The van der Waals surface area contributed by atoms with Gasteiger partial charge in [0.25, 0.3) is 0 Å². The van der Waals surface area contributed by atoms with E-state index in [2.05, 4.69) is 20.8 Å². The number of hydrogen-bond donors (Lipinski definition) is 1. The molecule has 6 unspecified atom stereocenters. The molecule has 0 amide bonds. The van der Waals surface area contributed by atoms with Gasteiger partial charge < -0.3 is 19.4 Å². The van der Waals surface area contributed by atoms with E-state index >= 15 is 0 Å². The van der Waals surface area contributed by atoms with Gasteiger partial charge in [-0.25, -0.2) is 0 Å². The molecule has 1 heterocycles. The highest BCUT2D eigenvalue weighted by atomic mass is 16.5. The van der Waals surface area contributed by atoms with E-state index in [9.17, 15) is 33.9 Å². The Hall–Kier alpha value is -2.58. The van der Waals surface area contributed by atoms with Gasteiger partial charge in [0.05, 0.1) is 31.0 Å². The van der Waals surface area contributed by atoms with Gasteiger partial charge in [0, 0.05) is 30.6 Å². The summed E-state index contributed by atoms with van der Waals surface area (Å²) in [5, 5.41) is 10.3. The summed E-state index contributed by atoms with van der Waals surface area (Å²) in [6.07, 6.45) is 3.47. The van der Waals surface area contributed by atoms with Crippen LogP contribution in [0.25, 0.3) is 0 Å². The lowest BCUT2D eigenvalue weighted by atomic mass is 9.70. The molecule has 0 saturated carbocycles. The first-order valence-corrected chi connectivity index (χ1v) is 18.3. The molecule has 0 aromatic heterocycles. The number of carbonyl (C=O) groups excluding carboxylic acids is 5. The van der Waals surface area contributed by atoms with Crippen molar-refractivity contribution in [3.05, 3.63) is 0 Å². The van der Waals surface area contributed by atoms with Crippen LogP contribution >= 0.6 is 0 Å². The molecule has 0 radical (unpaired) electrons. The third-order valence-electron chi connectivity index (χ3n) is 9.65. The average Bonchev–Trinajstić information content (AvgIpc) is 2.92. The first-order valence-electron chi connectivity index (χ1n) is 18.3. The second-order valence-electron chi connectivity index (χ2n) is 19.1. The largest absolute Gasteiger partial charge is 0.481 e. The lowest BCUT2D eigenvalue weighted by Crippen LogP contribution is -2.36. The zero-order valence-corrected chi connectivity index (χ0v) is 32.7. The van der Waals surface area contributed by atoms with Gasteiger partial charge in [-0.3, -0.25) is 24.0 Å². The number of aliphatic carboxylic acids is 1. The zero-order valence-electron chi connectivity index (χ0n) is 32.7. The number of rotatable bonds is 4. The van der Waals surface area contributed by atoms with Crippen LogP contribution in [-0.2, 0) is 38.2 Å². The highest BCUT2D eigenvalue weighted by Crippen LogP contribution is 2.39. The van der Waals surface area contributed by atoms with Crippen LogP contribution in [0.4, 0.5) is 0 Å². The fraction of sp³-hybridized carbons (Fsp3) is 0.850. The molecule has 0 aliphatic carbocycles. The van der Waals surface area contributed by atoms with E-state index in [1.54, 1.807) is 0 Å². The van der Waals surface area contributed by atoms with Crippen LogP contribution in [0.5, 0.6) is 0 Å². The number of carbonyl (C=O) groups is 6. The number of ether oxygens (including phenoxy) is 2. The molecule has 0 aromatic rings. The maximum Gasteiger partial charge on any atom is 0.309 e. The molecule has 1 saturated heterocycles. The van der Waals surface area contributed by atoms with Gasteiger partial charge in [-0.05, 0) is 73.0 Å². The monoisotopic (exact) mass is 692 g/mol. The van der Waals surface area contributed by atoms with E-state index in [0.29, 0.717) is 38.5 Å². The number of Topliss-reactive ketones (excluding diaryl/α,β-unsaturated/α-hetero) is 2. The topological polar surface area (TPSA) is 141 Å². The first-order chi connectivity index (χ1) is 22.2. The molecule has 282 valence electrons. The van der Waals surface area contributed by atoms with Crippen molar-refractivity contribution in [3.63, 3.8) is 0 Å². The van der Waals surface area contributed by atoms with Crippen molar-refractivity contribution in [2.24, 2.45) is 57.2 Å². The van der Waals surface area contributed by atoms with Gasteiger partial charge in [-0.15, -0.1) is 0 Å².